The lowest BCUT2D eigenvalue weighted by molar-refractivity contribution is 0.597. The van der Waals surface area contributed by atoms with Crippen LogP contribution in [-0.4, -0.2) is 4.98 Å². The third kappa shape index (κ3) is 2.97. The Morgan fingerprint density at radius 1 is 1.29 bits per heavy atom. The number of aromatic nitrogens is 1. The Hall–Kier alpha value is -1.10. The molecule has 0 bridgehead atoms. The smallest absolute Gasteiger partial charge is 0.137 e. The molecule has 2 N–H and O–H groups in total. The summed E-state index contributed by atoms with van der Waals surface area (Å²) >= 11 is 6.99. The van der Waals surface area contributed by atoms with Gasteiger partial charge in [-0.2, -0.15) is 0 Å². The van der Waals surface area contributed by atoms with E-state index in [0.717, 1.165) is 5.56 Å². The average molecular weight is 269 g/mol. The number of halogens is 2. The first-order valence-corrected chi connectivity index (χ1v) is 6.17. The molecule has 0 saturated heterocycles. The van der Waals surface area contributed by atoms with Gasteiger partial charge in [-0.05, 0) is 23.8 Å². The Balaban J connectivity index is 2.32. The van der Waals surface area contributed by atoms with Crippen molar-refractivity contribution in [2.75, 3.05) is 0 Å². The van der Waals surface area contributed by atoms with Crippen molar-refractivity contribution in [3.63, 3.8) is 0 Å². The lowest BCUT2D eigenvalue weighted by Crippen LogP contribution is -2.00. The summed E-state index contributed by atoms with van der Waals surface area (Å²) in [6, 6.07) is 8.34. The molecule has 0 saturated carbocycles. The number of hydrogen-bond donors (Lipinski definition) is 1. The Bertz CT molecular complexity index is 516. The van der Waals surface area contributed by atoms with Crippen LogP contribution in [0.15, 0.2) is 46.5 Å². The number of hydrogen-bond acceptors (Lipinski definition) is 3. The Morgan fingerprint density at radius 3 is 2.76 bits per heavy atom. The highest BCUT2D eigenvalue weighted by atomic mass is 35.5. The molecule has 2 aromatic rings. The van der Waals surface area contributed by atoms with E-state index in [1.807, 2.05) is 0 Å². The Kier molecular flexibility index (Phi) is 3.99. The molecule has 0 spiro atoms. The third-order valence-electron chi connectivity index (χ3n) is 2.18. The average Bonchev–Trinajstić information content (AvgIpc) is 2.34. The standard InChI is InChI=1S/C12H10ClFN2S/c13-9-4-5-11(16-7-9)17-12-8(6-15)2-1-3-10(12)14/h1-5,7H,6,15H2. The van der Waals surface area contributed by atoms with Crippen molar-refractivity contribution in [3.8, 4) is 0 Å². The maximum absolute atomic E-state index is 13.7. The van der Waals surface area contributed by atoms with Gasteiger partial charge in [0.25, 0.3) is 0 Å². The van der Waals surface area contributed by atoms with Gasteiger partial charge in [0.15, 0.2) is 0 Å². The van der Waals surface area contributed by atoms with Gasteiger partial charge >= 0.3 is 0 Å². The Morgan fingerprint density at radius 2 is 2.12 bits per heavy atom. The minimum atomic E-state index is -0.283. The van der Waals surface area contributed by atoms with Crippen LogP contribution in [0.5, 0.6) is 0 Å². The molecule has 5 heteroatoms. The summed E-state index contributed by atoms with van der Waals surface area (Å²) in [7, 11) is 0. The van der Waals surface area contributed by atoms with Crippen LogP contribution in [0.3, 0.4) is 0 Å². The molecule has 0 aliphatic rings. The monoisotopic (exact) mass is 268 g/mol. The topological polar surface area (TPSA) is 38.9 Å². The highest BCUT2D eigenvalue weighted by Gasteiger charge is 2.09. The zero-order valence-corrected chi connectivity index (χ0v) is 10.4. The zero-order valence-electron chi connectivity index (χ0n) is 8.86. The largest absolute Gasteiger partial charge is 0.326 e. The summed E-state index contributed by atoms with van der Waals surface area (Å²) in [6.45, 7) is 0.299. The van der Waals surface area contributed by atoms with Crippen LogP contribution in [0.1, 0.15) is 5.56 Å². The first-order valence-electron chi connectivity index (χ1n) is 4.97. The third-order valence-corrected chi connectivity index (χ3v) is 3.51. The maximum atomic E-state index is 13.7. The fourth-order valence-corrected chi connectivity index (χ4v) is 2.37. The molecule has 2 nitrogen and oxygen atoms in total. The van der Waals surface area contributed by atoms with E-state index < -0.39 is 0 Å². The number of pyridine rings is 1. The van der Waals surface area contributed by atoms with Crippen LogP contribution in [-0.2, 0) is 6.54 Å². The van der Waals surface area contributed by atoms with E-state index in [0.29, 0.717) is 21.5 Å². The van der Waals surface area contributed by atoms with Gasteiger partial charge in [-0.3, -0.25) is 0 Å². The lowest BCUT2D eigenvalue weighted by Gasteiger charge is -2.07. The summed E-state index contributed by atoms with van der Waals surface area (Å²) in [4.78, 5) is 4.63. The summed E-state index contributed by atoms with van der Waals surface area (Å²) < 4.78 is 13.7. The molecule has 0 aliphatic heterocycles. The van der Waals surface area contributed by atoms with E-state index in [1.165, 1.54) is 24.0 Å². The van der Waals surface area contributed by atoms with Crippen molar-refractivity contribution in [2.24, 2.45) is 5.73 Å². The summed E-state index contributed by atoms with van der Waals surface area (Å²) in [5, 5.41) is 1.25. The Labute approximate surface area is 108 Å². The molecule has 1 aromatic heterocycles. The normalized spacial score (nSPS) is 10.5. The van der Waals surface area contributed by atoms with Gasteiger partial charge in [-0.15, -0.1) is 0 Å². The number of benzene rings is 1. The van der Waals surface area contributed by atoms with E-state index in [1.54, 1.807) is 24.3 Å². The van der Waals surface area contributed by atoms with Gasteiger partial charge < -0.3 is 5.73 Å². The molecule has 0 amide bonds. The molecule has 17 heavy (non-hydrogen) atoms. The molecule has 0 atom stereocenters. The van der Waals surface area contributed by atoms with Gasteiger partial charge in [-0.1, -0.05) is 35.5 Å². The van der Waals surface area contributed by atoms with Crippen molar-refractivity contribution in [1.82, 2.24) is 4.98 Å². The van der Waals surface area contributed by atoms with Crippen molar-refractivity contribution in [1.29, 1.82) is 0 Å². The fraction of sp³-hybridized carbons (Fsp3) is 0.0833. The predicted molar refractivity (Wildman–Crippen MR) is 67.7 cm³/mol. The zero-order chi connectivity index (χ0) is 12.3. The first-order chi connectivity index (χ1) is 8.20. The molecule has 0 aliphatic carbocycles. The molecule has 0 fully saturated rings. The van der Waals surface area contributed by atoms with Crippen LogP contribution in [0.2, 0.25) is 5.02 Å². The van der Waals surface area contributed by atoms with E-state index in [-0.39, 0.29) is 5.82 Å². The van der Waals surface area contributed by atoms with Gasteiger partial charge in [0.1, 0.15) is 10.8 Å². The summed E-state index contributed by atoms with van der Waals surface area (Å²) in [6.07, 6.45) is 1.53. The molecule has 1 heterocycles. The van der Waals surface area contributed by atoms with Gasteiger partial charge in [0.05, 0.1) is 9.92 Å². The van der Waals surface area contributed by atoms with E-state index in [4.69, 9.17) is 17.3 Å². The minimum absolute atomic E-state index is 0.283. The molecule has 1 aromatic carbocycles. The second-order valence-electron chi connectivity index (χ2n) is 3.35. The number of rotatable bonds is 3. The van der Waals surface area contributed by atoms with Crippen LogP contribution < -0.4 is 5.73 Å². The molecule has 0 unspecified atom stereocenters. The van der Waals surface area contributed by atoms with E-state index in [9.17, 15) is 4.39 Å². The number of nitrogens with zero attached hydrogens (tertiary/aromatic N) is 1. The highest BCUT2D eigenvalue weighted by Crippen LogP contribution is 2.31. The van der Waals surface area contributed by atoms with Crippen LogP contribution >= 0.6 is 23.4 Å². The first kappa shape index (κ1) is 12.4. The molecular weight excluding hydrogens is 259 g/mol. The van der Waals surface area contributed by atoms with Gasteiger partial charge in [-0.25, -0.2) is 9.37 Å². The quantitative estimate of drug-likeness (QED) is 0.926. The molecule has 2 rings (SSSR count). The second-order valence-corrected chi connectivity index (χ2v) is 4.82. The lowest BCUT2D eigenvalue weighted by atomic mass is 10.2. The van der Waals surface area contributed by atoms with Crippen LogP contribution in [0.25, 0.3) is 0 Å². The van der Waals surface area contributed by atoms with Crippen LogP contribution in [0.4, 0.5) is 4.39 Å². The van der Waals surface area contributed by atoms with Crippen molar-refractivity contribution >= 4 is 23.4 Å². The van der Waals surface area contributed by atoms with Gasteiger partial charge in [0, 0.05) is 12.7 Å². The summed E-state index contributed by atoms with van der Waals surface area (Å²) in [5.74, 6) is -0.283. The van der Waals surface area contributed by atoms with E-state index >= 15 is 0 Å². The van der Waals surface area contributed by atoms with Crippen molar-refractivity contribution in [3.05, 3.63) is 52.9 Å². The predicted octanol–water partition coefficient (Wildman–Crippen LogP) is 3.48. The molecule has 0 radical (unpaired) electrons. The van der Waals surface area contributed by atoms with Gasteiger partial charge in [0.2, 0.25) is 0 Å². The van der Waals surface area contributed by atoms with Crippen LogP contribution in [0, 0.1) is 5.82 Å². The van der Waals surface area contributed by atoms with Crippen molar-refractivity contribution < 1.29 is 4.39 Å². The maximum Gasteiger partial charge on any atom is 0.137 e. The SMILES string of the molecule is NCc1cccc(F)c1Sc1ccc(Cl)cn1. The minimum Gasteiger partial charge on any atom is -0.326 e. The highest BCUT2D eigenvalue weighted by molar-refractivity contribution is 7.99. The van der Waals surface area contributed by atoms with Crippen molar-refractivity contribution in [2.45, 2.75) is 16.5 Å². The van der Waals surface area contributed by atoms with E-state index in [2.05, 4.69) is 4.98 Å². The number of nitrogens with two attached hydrogens (primary N) is 1. The molecule has 88 valence electrons. The summed E-state index contributed by atoms with van der Waals surface area (Å²) in [5.41, 5.74) is 6.35. The molecular formula is C12H10ClFN2S. The fourth-order valence-electron chi connectivity index (χ4n) is 1.36. The second kappa shape index (κ2) is 5.49.